The van der Waals surface area contributed by atoms with Crippen molar-refractivity contribution in [2.45, 2.75) is 45.1 Å². The quantitative estimate of drug-likeness (QED) is 0.778. The van der Waals surface area contributed by atoms with Crippen LogP contribution < -0.4 is 5.73 Å². The van der Waals surface area contributed by atoms with Gasteiger partial charge in [0.2, 0.25) is 5.91 Å². The SMILES string of the molecule is CC(N)CCCC(=O)N(C)CC1CCN(C)CC1. The van der Waals surface area contributed by atoms with Gasteiger partial charge in [0.1, 0.15) is 0 Å². The van der Waals surface area contributed by atoms with Crippen LogP contribution in [0.15, 0.2) is 0 Å². The number of likely N-dealkylation sites (tertiary alicyclic amines) is 1. The highest BCUT2D eigenvalue weighted by molar-refractivity contribution is 5.75. The van der Waals surface area contributed by atoms with Crippen LogP contribution in [0.25, 0.3) is 0 Å². The molecule has 4 nitrogen and oxygen atoms in total. The Balaban J connectivity index is 2.18. The molecule has 0 aromatic heterocycles. The zero-order valence-electron chi connectivity index (χ0n) is 12.2. The van der Waals surface area contributed by atoms with E-state index in [4.69, 9.17) is 5.73 Å². The van der Waals surface area contributed by atoms with Crippen molar-refractivity contribution in [2.75, 3.05) is 33.7 Å². The Bertz CT molecular complexity index is 247. The summed E-state index contributed by atoms with van der Waals surface area (Å²) in [6.45, 7) is 5.24. The first-order valence-corrected chi connectivity index (χ1v) is 7.17. The fraction of sp³-hybridized carbons (Fsp3) is 0.929. The summed E-state index contributed by atoms with van der Waals surface area (Å²) in [5, 5.41) is 0. The summed E-state index contributed by atoms with van der Waals surface area (Å²) < 4.78 is 0. The molecule has 0 aromatic carbocycles. The number of carbonyl (C=O) groups excluding carboxylic acids is 1. The number of carbonyl (C=O) groups is 1. The van der Waals surface area contributed by atoms with E-state index in [9.17, 15) is 4.79 Å². The third kappa shape index (κ3) is 5.83. The van der Waals surface area contributed by atoms with Crippen molar-refractivity contribution in [1.29, 1.82) is 0 Å². The van der Waals surface area contributed by atoms with Gasteiger partial charge < -0.3 is 15.5 Å². The standard InChI is InChI=1S/C14H29N3O/c1-12(15)5-4-6-14(18)17(3)11-13-7-9-16(2)10-8-13/h12-13H,4-11,15H2,1-3H3. The summed E-state index contributed by atoms with van der Waals surface area (Å²) in [5.74, 6) is 0.957. The molecule has 18 heavy (non-hydrogen) atoms. The Hall–Kier alpha value is -0.610. The summed E-state index contributed by atoms with van der Waals surface area (Å²) in [6.07, 6.45) is 4.93. The molecule has 0 radical (unpaired) electrons. The molecule has 1 heterocycles. The molecule has 1 atom stereocenters. The van der Waals surface area contributed by atoms with E-state index in [2.05, 4.69) is 11.9 Å². The molecule has 1 amide bonds. The number of amides is 1. The molecule has 2 N–H and O–H groups in total. The van der Waals surface area contributed by atoms with E-state index in [-0.39, 0.29) is 11.9 Å². The van der Waals surface area contributed by atoms with E-state index in [0.29, 0.717) is 12.3 Å². The van der Waals surface area contributed by atoms with E-state index in [1.165, 1.54) is 12.8 Å². The molecule has 0 spiro atoms. The maximum atomic E-state index is 11.9. The minimum absolute atomic E-state index is 0.206. The number of piperidine rings is 1. The lowest BCUT2D eigenvalue weighted by atomic mass is 9.96. The van der Waals surface area contributed by atoms with Crippen molar-refractivity contribution in [3.63, 3.8) is 0 Å². The molecular formula is C14H29N3O. The first kappa shape index (κ1) is 15.4. The average Bonchev–Trinajstić information content (AvgIpc) is 2.31. The molecule has 1 fully saturated rings. The molecule has 4 heteroatoms. The van der Waals surface area contributed by atoms with Crippen LogP contribution in [-0.2, 0) is 4.79 Å². The molecule has 1 aliphatic heterocycles. The van der Waals surface area contributed by atoms with Gasteiger partial charge in [0.05, 0.1) is 0 Å². The van der Waals surface area contributed by atoms with Gasteiger partial charge in [0.25, 0.3) is 0 Å². The smallest absolute Gasteiger partial charge is 0.222 e. The van der Waals surface area contributed by atoms with Crippen molar-refractivity contribution in [3.8, 4) is 0 Å². The van der Waals surface area contributed by atoms with Gasteiger partial charge in [-0.05, 0) is 58.7 Å². The van der Waals surface area contributed by atoms with Crippen LogP contribution in [0.1, 0.15) is 39.0 Å². The number of hydrogen-bond donors (Lipinski definition) is 1. The second-order valence-electron chi connectivity index (χ2n) is 5.89. The zero-order valence-corrected chi connectivity index (χ0v) is 12.2. The van der Waals surface area contributed by atoms with Crippen molar-refractivity contribution < 1.29 is 4.79 Å². The third-order valence-electron chi connectivity index (χ3n) is 3.85. The highest BCUT2D eigenvalue weighted by Gasteiger charge is 2.20. The largest absolute Gasteiger partial charge is 0.345 e. The lowest BCUT2D eigenvalue weighted by Crippen LogP contribution is -2.37. The van der Waals surface area contributed by atoms with Gasteiger partial charge in [-0.2, -0.15) is 0 Å². The van der Waals surface area contributed by atoms with Gasteiger partial charge in [-0.3, -0.25) is 4.79 Å². The molecule has 1 aliphatic rings. The van der Waals surface area contributed by atoms with Crippen molar-refractivity contribution >= 4 is 5.91 Å². The minimum Gasteiger partial charge on any atom is -0.345 e. The highest BCUT2D eigenvalue weighted by atomic mass is 16.2. The normalized spacial score (nSPS) is 19.8. The van der Waals surface area contributed by atoms with Crippen molar-refractivity contribution in [3.05, 3.63) is 0 Å². The summed E-state index contributed by atoms with van der Waals surface area (Å²) in [6, 6.07) is 0.206. The fourth-order valence-electron chi connectivity index (χ4n) is 2.50. The monoisotopic (exact) mass is 255 g/mol. The topological polar surface area (TPSA) is 49.6 Å². The van der Waals surface area contributed by atoms with Gasteiger partial charge in [-0.15, -0.1) is 0 Å². The van der Waals surface area contributed by atoms with E-state index < -0.39 is 0 Å². The van der Waals surface area contributed by atoms with E-state index >= 15 is 0 Å². The molecule has 0 aromatic rings. The van der Waals surface area contributed by atoms with Crippen LogP contribution in [0.5, 0.6) is 0 Å². The van der Waals surface area contributed by atoms with Crippen LogP contribution in [-0.4, -0.2) is 55.5 Å². The maximum Gasteiger partial charge on any atom is 0.222 e. The Kier molecular flexibility index (Phi) is 6.65. The Morgan fingerprint density at radius 1 is 1.44 bits per heavy atom. The van der Waals surface area contributed by atoms with E-state index in [1.807, 2.05) is 18.9 Å². The number of nitrogens with zero attached hydrogens (tertiary/aromatic N) is 2. The second kappa shape index (κ2) is 7.74. The van der Waals surface area contributed by atoms with Crippen LogP contribution >= 0.6 is 0 Å². The molecule has 0 aliphatic carbocycles. The summed E-state index contributed by atoms with van der Waals surface area (Å²) >= 11 is 0. The Labute approximate surface area is 111 Å². The highest BCUT2D eigenvalue weighted by Crippen LogP contribution is 2.17. The van der Waals surface area contributed by atoms with Gasteiger partial charge in [-0.25, -0.2) is 0 Å². The molecule has 0 saturated carbocycles. The lowest BCUT2D eigenvalue weighted by Gasteiger charge is -2.31. The Morgan fingerprint density at radius 3 is 2.61 bits per heavy atom. The second-order valence-corrected chi connectivity index (χ2v) is 5.89. The summed E-state index contributed by atoms with van der Waals surface area (Å²) in [7, 11) is 4.10. The average molecular weight is 255 g/mol. The van der Waals surface area contributed by atoms with Crippen LogP contribution in [0.2, 0.25) is 0 Å². The first-order valence-electron chi connectivity index (χ1n) is 7.17. The zero-order chi connectivity index (χ0) is 13.5. The summed E-state index contributed by atoms with van der Waals surface area (Å²) in [5.41, 5.74) is 5.69. The van der Waals surface area contributed by atoms with Gasteiger partial charge in [0.15, 0.2) is 0 Å². The van der Waals surface area contributed by atoms with E-state index in [0.717, 1.165) is 32.5 Å². The predicted octanol–water partition coefficient (Wildman–Crippen LogP) is 1.30. The minimum atomic E-state index is 0.206. The predicted molar refractivity (Wildman–Crippen MR) is 75.4 cm³/mol. The van der Waals surface area contributed by atoms with Crippen LogP contribution in [0.3, 0.4) is 0 Å². The molecule has 1 unspecified atom stereocenters. The van der Waals surface area contributed by atoms with Gasteiger partial charge in [0, 0.05) is 26.1 Å². The summed E-state index contributed by atoms with van der Waals surface area (Å²) in [4.78, 5) is 16.2. The number of hydrogen-bond acceptors (Lipinski definition) is 3. The van der Waals surface area contributed by atoms with Crippen molar-refractivity contribution in [2.24, 2.45) is 11.7 Å². The maximum absolute atomic E-state index is 11.9. The molecule has 1 rings (SSSR count). The molecule has 106 valence electrons. The molecule has 1 saturated heterocycles. The lowest BCUT2D eigenvalue weighted by molar-refractivity contribution is -0.130. The fourth-order valence-corrected chi connectivity index (χ4v) is 2.50. The number of rotatable bonds is 6. The van der Waals surface area contributed by atoms with Gasteiger partial charge >= 0.3 is 0 Å². The van der Waals surface area contributed by atoms with Gasteiger partial charge in [-0.1, -0.05) is 0 Å². The van der Waals surface area contributed by atoms with Crippen molar-refractivity contribution in [1.82, 2.24) is 9.80 Å². The van der Waals surface area contributed by atoms with Crippen LogP contribution in [0.4, 0.5) is 0 Å². The first-order chi connectivity index (χ1) is 8.49. The van der Waals surface area contributed by atoms with E-state index in [1.54, 1.807) is 0 Å². The number of nitrogens with two attached hydrogens (primary N) is 1. The molecular weight excluding hydrogens is 226 g/mol. The van der Waals surface area contributed by atoms with Crippen LogP contribution in [0, 0.1) is 5.92 Å². The molecule has 0 bridgehead atoms. The Morgan fingerprint density at radius 2 is 2.06 bits per heavy atom. The third-order valence-corrected chi connectivity index (χ3v) is 3.85.